The van der Waals surface area contributed by atoms with Crippen LogP contribution in [0, 0.1) is 0 Å². The second-order valence-corrected chi connectivity index (χ2v) is 4.10. The van der Waals surface area contributed by atoms with Crippen LogP contribution in [0.5, 0.6) is 0 Å². The average Bonchev–Trinajstić information content (AvgIpc) is 2.18. The van der Waals surface area contributed by atoms with Gasteiger partial charge in [-0.1, -0.05) is 15.9 Å². The second-order valence-electron chi connectivity index (χ2n) is 3.30. The molecule has 1 heterocycles. The van der Waals surface area contributed by atoms with E-state index in [0.29, 0.717) is 0 Å². The molecule has 0 bridgehead atoms. The molecule has 0 saturated carbocycles. The Morgan fingerprint density at radius 1 is 1.62 bits per heavy atom. The van der Waals surface area contributed by atoms with Crippen LogP contribution in [0.2, 0.25) is 0 Å². The molecule has 1 saturated heterocycles. The summed E-state index contributed by atoms with van der Waals surface area (Å²) < 4.78 is 5.40. The number of halogens is 1. The van der Waals surface area contributed by atoms with E-state index in [-0.39, 0.29) is 12.0 Å². The van der Waals surface area contributed by atoms with Crippen molar-refractivity contribution in [3.63, 3.8) is 0 Å². The van der Waals surface area contributed by atoms with E-state index in [9.17, 15) is 4.79 Å². The first-order chi connectivity index (χ1) is 6.25. The molecule has 1 rings (SSSR count). The number of hydrogen-bond donors (Lipinski definition) is 0. The van der Waals surface area contributed by atoms with E-state index in [1.165, 1.54) is 0 Å². The topological polar surface area (TPSA) is 29.5 Å². The fourth-order valence-electron chi connectivity index (χ4n) is 1.42. The lowest BCUT2D eigenvalue weighted by molar-refractivity contribution is -0.144. The lowest BCUT2D eigenvalue weighted by atomic mass is 10.1. The molecule has 1 atom stereocenters. The minimum atomic E-state index is -0.183. The normalized spacial score (nSPS) is 22.8. The van der Waals surface area contributed by atoms with Crippen LogP contribution in [-0.4, -0.2) is 42.4 Å². The van der Waals surface area contributed by atoms with Gasteiger partial charge in [0.05, 0.1) is 0 Å². The number of carbonyl (C=O) groups excluding carboxylic acids is 1. The molecule has 1 unspecified atom stereocenters. The number of likely N-dealkylation sites (N-methyl/N-ethyl adjacent to an activating group) is 1. The zero-order valence-electron chi connectivity index (χ0n) is 7.96. The van der Waals surface area contributed by atoms with Crippen molar-refractivity contribution >= 4 is 21.8 Å². The molecule has 0 N–H and O–H groups in total. The Balaban J connectivity index is 2.36. The van der Waals surface area contributed by atoms with E-state index in [2.05, 4.69) is 15.9 Å². The number of nitrogens with zero attached hydrogens (tertiary/aromatic N) is 1. The summed E-state index contributed by atoms with van der Waals surface area (Å²) in [5.74, 6) is 0.124. The maximum atomic E-state index is 11.7. The van der Waals surface area contributed by atoms with Gasteiger partial charge in [0.1, 0.15) is 6.10 Å². The van der Waals surface area contributed by atoms with Gasteiger partial charge >= 0.3 is 0 Å². The van der Waals surface area contributed by atoms with Crippen LogP contribution in [0.1, 0.15) is 19.3 Å². The van der Waals surface area contributed by atoms with Gasteiger partial charge in [0.2, 0.25) is 0 Å². The zero-order chi connectivity index (χ0) is 9.68. The van der Waals surface area contributed by atoms with Gasteiger partial charge in [-0.25, -0.2) is 0 Å². The third-order valence-corrected chi connectivity index (χ3v) is 2.61. The second kappa shape index (κ2) is 5.60. The fraction of sp³-hybridized carbons (Fsp3) is 0.889. The number of carbonyl (C=O) groups is 1. The Bertz CT molecular complexity index is 169. The summed E-state index contributed by atoms with van der Waals surface area (Å²) in [5.41, 5.74) is 0. The molecular weight excluding hydrogens is 234 g/mol. The molecule has 3 nitrogen and oxygen atoms in total. The van der Waals surface area contributed by atoms with Crippen molar-refractivity contribution in [2.24, 2.45) is 0 Å². The summed E-state index contributed by atoms with van der Waals surface area (Å²) in [5, 5.41) is 0.821. The van der Waals surface area contributed by atoms with Crippen LogP contribution in [0.15, 0.2) is 0 Å². The van der Waals surface area contributed by atoms with E-state index in [0.717, 1.165) is 37.7 Å². The maximum absolute atomic E-state index is 11.7. The first-order valence-corrected chi connectivity index (χ1v) is 5.80. The van der Waals surface area contributed by atoms with Crippen LogP contribution >= 0.6 is 15.9 Å². The summed E-state index contributed by atoms with van der Waals surface area (Å²) in [7, 11) is 1.82. The molecule has 0 aliphatic carbocycles. The Hall–Kier alpha value is -0.0900. The Kier molecular flexibility index (Phi) is 4.73. The van der Waals surface area contributed by atoms with Crippen molar-refractivity contribution in [2.75, 3.05) is 25.5 Å². The van der Waals surface area contributed by atoms with Crippen LogP contribution in [0.4, 0.5) is 0 Å². The molecule has 4 heteroatoms. The van der Waals surface area contributed by atoms with E-state index in [1.54, 1.807) is 4.90 Å². The number of ether oxygens (including phenoxy) is 1. The highest BCUT2D eigenvalue weighted by atomic mass is 79.9. The molecular formula is C9H16BrNO2. The minimum absolute atomic E-state index is 0.124. The lowest BCUT2D eigenvalue weighted by Crippen LogP contribution is -2.40. The number of hydrogen-bond acceptors (Lipinski definition) is 2. The summed E-state index contributed by atoms with van der Waals surface area (Å²) in [6.07, 6.45) is 2.90. The highest BCUT2D eigenvalue weighted by Crippen LogP contribution is 2.14. The van der Waals surface area contributed by atoms with Crippen LogP contribution in [0.25, 0.3) is 0 Å². The molecule has 1 aliphatic rings. The molecule has 1 amide bonds. The molecule has 0 spiro atoms. The van der Waals surface area contributed by atoms with Crippen molar-refractivity contribution in [3.8, 4) is 0 Å². The Morgan fingerprint density at radius 3 is 2.92 bits per heavy atom. The largest absolute Gasteiger partial charge is 0.368 e. The highest BCUT2D eigenvalue weighted by Gasteiger charge is 2.24. The summed E-state index contributed by atoms with van der Waals surface area (Å²) in [6, 6.07) is 0. The summed E-state index contributed by atoms with van der Waals surface area (Å²) in [6.45, 7) is 1.48. The van der Waals surface area contributed by atoms with Crippen molar-refractivity contribution in [1.29, 1.82) is 0 Å². The Labute approximate surface area is 87.6 Å². The van der Waals surface area contributed by atoms with Crippen molar-refractivity contribution in [3.05, 3.63) is 0 Å². The first-order valence-electron chi connectivity index (χ1n) is 4.68. The van der Waals surface area contributed by atoms with Gasteiger partial charge in [-0.3, -0.25) is 4.79 Å². The highest BCUT2D eigenvalue weighted by molar-refractivity contribution is 9.09. The lowest BCUT2D eigenvalue weighted by Gasteiger charge is -2.26. The van der Waals surface area contributed by atoms with E-state index in [4.69, 9.17) is 4.74 Å². The van der Waals surface area contributed by atoms with Gasteiger partial charge in [-0.2, -0.15) is 0 Å². The predicted molar refractivity (Wildman–Crippen MR) is 55.0 cm³/mol. The quantitative estimate of drug-likeness (QED) is 0.709. The van der Waals surface area contributed by atoms with Crippen LogP contribution in [-0.2, 0) is 9.53 Å². The summed E-state index contributed by atoms with van der Waals surface area (Å²) in [4.78, 5) is 13.4. The van der Waals surface area contributed by atoms with Crippen molar-refractivity contribution in [2.45, 2.75) is 25.4 Å². The SMILES string of the molecule is CN(CCBr)C(=O)C1CCCCO1. The Morgan fingerprint density at radius 2 is 2.38 bits per heavy atom. The predicted octanol–water partition coefficient (Wildman–Crippen LogP) is 1.41. The van der Waals surface area contributed by atoms with Gasteiger partial charge in [0.25, 0.3) is 5.91 Å². The monoisotopic (exact) mass is 249 g/mol. The fourth-order valence-corrected chi connectivity index (χ4v) is 1.95. The third kappa shape index (κ3) is 3.27. The van der Waals surface area contributed by atoms with Gasteiger partial charge in [-0.15, -0.1) is 0 Å². The standard InChI is InChI=1S/C9H16BrNO2/c1-11(6-5-10)9(12)8-4-2-3-7-13-8/h8H,2-7H2,1H3. The van der Waals surface area contributed by atoms with Crippen LogP contribution < -0.4 is 0 Å². The zero-order valence-corrected chi connectivity index (χ0v) is 9.55. The number of amides is 1. The summed E-state index contributed by atoms with van der Waals surface area (Å²) >= 11 is 3.31. The van der Waals surface area contributed by atoms with Gasteiger partial charge < -0.3 is 9.64 Å². The third-order valence-electron chi connectivity index (χ3n) is 2.25. The molecule has 1 aliphatic heterocycles. The minimum Gasteiger partial charge on any atom is -0.368 e. The molecule has 1 fully saturated rings. The first kappa shape index (κ1) is 11.0. The van der Waals surface area contributed by atoms with Gasteiger partial charge in [-0.05, 0) is 19.3 Å². The molecule has 13 heavy (non-hydrogen) atoms. The van der Waals surface area contributed by atoms with Crippen molar-refractivity contribution in [1.82, 2.24) is 4.90 Å². The number of alkyl halides is 1. The smallest absolute Gasteiger partial charge is 0.251 e. The maximum Gasteiger partial charge on any atom is 0.251 e. The van der Waals surface area contributed by atoms with Gasteiger partial charge in [0.15, 0.2) is 0 Å². The molecule has 0 aromatic heterocycles. The molecule has 76 valence electrons. The van der Waals surface area contributed by atoms with E-state index < -0.39 is 0 Å². The van der Waals surface area contributed by atoms with Crippen molar-refractivity contribution < 1.29 is 9.53 Å². The molecule has 0 aromatic carbocycles. The number of rotatable bonds is 3. The molecule has 0 aromatic rings. The van der Waals surface area contributed by atoms with E-state index >= 15 is 0 Å². The van der Waals surface area contributed by atoms with E-state index in [1.807, 2.05) is 7.05 Å². The van der Waals surface area contributed by atoms with Crippen LogP contribution in [0.3, 0.4) is 0 Å². The molecule has 0 radical (unpaired) electrons. The average molecular weight is 250 g/mol. The van der Waals surface area contributed by atoms with Gasteiger partial charge in [0, 0.05) is 25.5 Å².